The van der Waals surface area contributed by atoms with Crippen molar-refractivity contribution in [3.8, 4) is 0 Å². The molecule has 1 aliphatic rings. The Balaban J connectivity index is 1.99. The van der Waals surface area contributed by atoms with Crippen molar-refractivity contribution in [2.75, 3.05) is 13.1 Å². The van der Waals surface area contributed by atoms with E-state index in [0.717, 1.165) is 18.8 Å². The fourth-order valence-corrected chi connectivity index (χ4v) is 2.90. The monoisotopic (exact) mass is 279 g/mol. The van der Waals surface area contributed by atoms with Gasteiger partial charge in [-0.25, -0.2) is 0 Å². The molecule has 0 aliphatic carbocycles. The van der Waals surface area contributed by atoms with E-state index in [1.54, 1.807) is 0 Å². The lowest BCUT2D eigenvalue weighted by atomic mass is 9.89. The van der Waals surface area contributed by atoms with Crippen LogP contribution in [0.15, 0.2) is 12.3 Å². The fraction of sp³-hybridized carbons (Fsp3) is 0.812. The fourth-order valence-electron chi connectivity index (χ4n) is 2.90. The Bertz CT molecular complexity index is 419. The Labute approximate surface area is 122 Å². The van der Waals surface area contributed by atoms with Gasteiger partial charge in [-0.3, -0.25) is 9.58 Å². The maximum absolute atomic E-state index is 10.6. The van der Waals surface area contributed by atoms with E-state index in [-0.39, 0.29) is 11.6 Å². The van der Waals surface area contributed by atoms with Crippen molar-refractivity contribution in [3.05, 3.63) is 18.0 Å². The molecule has 0 radical (unpaired) electrons. The second-order valence-corrected chi connectivity index (χ2v) is 6.80. The number of aliphatic hydroxyl groups is 1. The van der Waals surface area contributed by atoms with Crippen LogP contribution >= 0.6 is 0 Å². The average Bonchev–Trinajstić information content (AvgIpc) is 2.88. The lowest BCUT2D eigenvalue weighted by Crippen LogP contribution is -2.54. The van der Waals surface area contributed by atoms with Gasteiger partial charge in [0.05, 0.1) is 11.8 Å². The molecule has 2 rings (SSSR count). The third kappa shape index (κ3) is 3.41. The van der Waals surface area contributed by atoms with Gasteiger partial charge in [-0.15, -0.1) is 0 Å². The number of hydrogen-bond donors (Lipinski definition) is 1. The Morgan fingerprint density at radius 1 is 1.25 bits per heavy atom. The minimum atomic E-state index is -0.379. The van der Waals surface area contributed by atoms with Crippen LogP contribution in [0.3, 0.4) is 0 Å². The highest BCUT2D eigenvalue weighted by Crippen LogP contribution is 2.25. The van der Waals surface area contributed by atoms with Gasteiger partial charge in [0, 0.05) is 24.2 Å². The molecular weight excluding hydrogens is 250 g/mol. The summed E-state index contributed by atoms with van der Waals surface area (Å²) in [6, 6.07) is 2.39. The smallest absolute Gasteiger partial charge is 0.0774 e. The third-order valence-corrected chi connectivity index (χ3v) is 4.58. The predicted octanol–water partition coefficient (Wildman–Crippen LogP) is 2.63. The zero-order valence-corrected chi connectivity index (χ0v) is 13.3. The van der Waals surface area contributed by atoms with Crippen molar-refractivity contribution in [2.24, 2.45) is 0 Å². The SMILES string of the molecule is CC(C)n1ccc(CC(O)C(C)(C)N2CCCCC2)n1. The van der Waals surface area contributed by atoms with Crippen LogP contribution in [0, 0.1) is 0 Å². The molecule has 20 heavy (non-hydrogen) atoms. The van der Waals surface area contributed by atoms with Gasteiger partial charge in [0.2, 0.25) is 0 Å². The number of nitrogens with zero attached hydrogens (tertiary/aromatic N) is 3. The van der Waals surface area contributed by atoms with E-state index in [4.69, 9.17) is 0 Å². The van der Waals surface area contributed by atoms with Crippen LogP contribution in [0.5, 0.6) is 0 Å². The summed E-state index contributed by atoms with van der Waals surface area (Å²) in [5.74, 6) is 0. The minimum absolute atomic E-state index is 0.179. The van der Waals surface area contributed by atoms with Crippen LogP contribution in [-0.4, -0.2) is 44.5 Å². The van der Waals surface area contributed by atoms with Gasteiger partial charge in [-0.2, -0.15) is 5.10 Å². The van der Waals surface area contributed by atoms with Crippen molar-refractivity contribution < 1.29 is 5.11 Å². The number of hydrogen-bond acceptors (Lipinski definition) is 3. The average molecular weight is 279 g/mol. The summed E-state index contributed by atoms with van der Waals surface area (Å²) in [6.45, 7) is 10.7. The maximum atomic E-state index is 10.6. The first-order valence-electron chi connectivity index (χ1n) is 7.88. The molecule has 1 aromatic heterocycles. The minimum Gasteiger partial charge on any atom is -0.391 e. The highest BCUT2D eigenvalue weighted by Gasteiger charge is 2.35. The molecule has 0 bridgehead atoms. The van der Waals surface area contributed by atoms with Gasteiger partial charge in [0.1, 0.15) is 0 Å². The molecule has 1 unspecified atom stereocenters. The summed E-state index contributed by atoms with van der Waals surface area (Å²) in [7, 11) is 0. The summed E-state index contributed by atoms with van der Waals surface area (Å²) >= 11 is 0. The van der Waals surface area contributed by atoms with Crippen molar-refractivity contribution in [1.29, 1.82) is 0 Å². The Morgan fingerprint density at radius 2 is 1.90 bits per heavy atom. The molecular formula is C16H29N3O. The van der Waals surface area contributed by atoms with Crippen LogP contribution in [0.25, 0.3) is 0 Å². The van der Waals surface area contributed by atoms with E-state index < -0.39 is 0 Å². The van der Waals surface area contributed by atoms with E-state index in [0.29, 0.717) is 12.5 Å². The third-order valence-electron chi connectivity index (χ3n) is 4.58. The number of likely N-dealkylation sites (tertiary alicyclic amines) is 1. The van der Waals surface area contributed by atoms with Crippen LogP contribution in [0.4, 0.5) is 0 Å². The van der Waals surface area contributed by atoms with Crippen LogP contribution < -0.4 is 0 Å². The summed E-state index contributed by atoms with van der Waals surface area (Å²) < 4.78 is 1.95. The Kier molecular flexibility index (Phi) is 4.86. The van der Waals surface area contributed by atoms with E-state index >= 15 is 0 Å². The van der Waals surface area contributed by atoms with E-state index in [2.05, 4.69) is 37.7 Å². The Morgan fingerprint density at radius 3 is 2.45 bits per heavy atom. The lowest BCUT2D eigenvalue weighted by Gasteiger charge is -2.43. The molecule has 0 saturated carbocycles. The van der Waals surface area contributed by atoms with Crippen molar-refractivity contribution in [1.82, 2.24) is 14.7 Å². The molecule has 2 heterocycles. The summed E-state index contributed by atoms with van der Waals surface area (Å²) in [5, 5.41) is 15.2. The van der Waals surface area contributed by atoms with Gasteiger partial charge >= 0.3 is 0 Å². The molecule has 1 saturated heterocycles. The number of aromatic nitrogens is 2. The van der Waals surface area contributed by atoms with Crippen LogP contribution in [0.2, 0.25) is 0 Å². The molecule has 0 amide bonds. The zero-order valence-electron chi connectivity index (χ0n) is 13.3. The van der Waals surface area contributed by atoms with Crippen molar-refractivity contribution >= 4 is 0 Å². The maximum Gasteiger partial charge on any atom is 0.0774 e. The Hall–Kier alpha value is -0.870. The molecule has 1 fully saturated rings. The highest BCUT2D eigenvalue weighted by molar-refractivity contribution is 5.04. The zero-order chi connectivity index (χ0) is 14.8. The normalized spacial score (nSPS) is 19.5. The molecule has 4 nitrogen and oxygen atoms in total. The van der Waals surface area contributed by atoms with E-state index in [9.17, 15) is 5.11 Å². The van der Waals surface area contributed by atoms with Crippen LogP contribution in [0.1, 0.15) is 58.7 Å². The second kappa shape index (κ2) is 6.27. The number of piperidine rings is 1. The van der Waals surface area contributed by atoms with Gasteiger partial charge < -0.3 is 5.11 Å². The number of aliphatic hydroxyl groups excluding tert-OH is 1. The number of rotatable bonds is 5. The van der Waals surface area contributed by atoms with Gasteiger partial charge in [0.15, 0.2) is 0 Å². The van der Waals surface area contributed by atoms with E-state index in [1.165, 1.54) is 19.3 Å². The quantitative estimate of drug-likeness (QED) is 0.901. The molecule has 4 heteroatoms. The molecule has 114 valence electrons. The van der Waals surface area contributed by atoms with Crippen molar-refractivity contribution in [2.45, 2.75) is 71.1 Å². The predicted molar refractivity (Wildman–Crippen MR) is 81.8 cm³/mol. The first-order chi connectivity index (χ1) is 9.41. The summed E-state index contributed by atoms with van der Waals surface area (Å²) in [6.07, 6.45) is 6.07. The van der Waals surface area contributed by atoms with Crippen LogP contribution in [-0.2, 0) is 6.42 Å². The van der Waals surface area contributed by atoms with E-state index in [1.807, 2.05) is 16.9 Å². The molecule has 0 aromatic carbocycles. The largest absolute Gasteiger partial charge is 0.391 e. The summed E-state index contributed by atoms with van der Waals surface area (Å²) in [4.78, 5) is 2.43. The molecule has 1 aromatic rings. The standard InChI is InChI=1S/C16H29N3O/c1-13(2)19-11-8-14(17-19)12-15(20)16(3,4)18-9-6-5-7-10-18/h8,11,13,15,20H,5-7,9-10,12H2,1-4H3. The molecule has 1 aliphatic heterocycles. The van der Waals surface area contributed by atoms with Gasteiger partial charge in [0.25, 0.3) is 0 Å². The van der Waals surface area contributed by atoms with Gasteiger partial charge in [-0.05, 0) is 59.7 Å². The first kappa shape index (κ1) is 15.5. The van der Waals surface area contributed by atoms with Crippen molar-refractivity contribution in [3.63, 3.8) is 0 Å². The topological polar surface area (TPSA) is 41.3 Å². The molecule has 0 spiro atoms. The molecule has 1 atom stereocenters. The second-order valence-electron chi connectivity index (χ2n) is 6.80. The highest BCUT2D eigenvalue weighted by atomic mass is 16.3. The lowest BCUT2D eigenvalue weighted by molar-refractivity contribution is -0.0192. The first-order valence-corrected chi connectivity index (χ1v) is 7.88. The molecule has 1 N–H and O–H groups in total. The summed E-state index contributed by atoms with van der Waals surface area (Å²) in [5.41, 5.74) is 0.804. The van der Waals surface area contributed by atoms with Gasteiger partial charge in [-0.1, -0.05) is 6.42 Å².